The lowest BCUT2D eigenvalue weighted by atomic mass is 9.98. The number of nitrogens with zero attached hydrogens (tertiary/aromatic N) is 2. The van der Waals surface area contributed by atoms with Gasteiger partial charge in [-0.05, 0) is 46.0 Å². The molecule has 0 fully saturated rings. The topological polar surface area (TPSA) is 76.0 Å². The van der Waals surface area contributed by atoms with E-state index in [-0.39, 0.29) is 17.2 Å². The fourth-order valence-corrected chi connectivity index (χ4v) is 4.40. The van der Waals surface area contributed by atoms with Gasteiger partial charge in [-0.15, -0.1) is 0 Å². The zero-order valence-corrected chi connectivity index (χ0v) is 21.9. The van der Waals surface area contributed by atoms with E-state index >= 15 is 0 Å². The lowest BCUT2D eigenvalue weighted by Crippen LogP contribution is -2.25. The summed E-state index contributed by atoms with van der Waals surface area (Å²) in [7, 11) is 1.64. The molecule has 6 nitrogen and oxygen atoms in total. The number of nitrogens with one attached hydrogen (secondary N) is 2. The molecule has 5 rings (SSSR count). The molecule has 9 heteroatoms. The Morgan fingerprint density at radius 1 is 0.756 bits per heavy atom. The van der Waals surface area contributed by atoms with Gasteiger partial charge in [0.1, 0.15) is 0 Å². The minimum atomic E-state index is -4.45. The number of anilines is 1. The molecule has 0 atom stereocenters. The van der Waals surface area contributed by atoms with Gasteiger partial charge in [0, 0.05) is 25.4 Å². The number of imidazole rings is 1. The normalized spacial score (nSPS) is 11.2. The van der Waals surface area contributed by atoms with Crippen LogP contribution in [0.4, 0.5) is 19.0 Å². The number of rotatable bonds is 7. The molecule has 1 heterocycles. The van der Waals surface area contributed by atoms with Crippen LogP contribution in [0.1, 0.15) is 32.1 Å². The average molecular weight is 555 g/mol. The molecule has 2 N–H and O–H groups in total. The van der Waals surface area contributed by atoms with Gasteiger partial charge in [-0.3, -0.25) is 9.59 Å². The van der Waals surface area contributed by atoms with Crippen molar-refractivity contribution in [3.05, 3.63) is 132 Å². The van der Waals surface area contributed by atoms with Gasteiger partial charge in [0.15, 0.2) is 5.82 Å². The van der Waals surface area contributed by atoms with Crippen molar-refractivity contribution in [3.8, 4) is 22.3 Å². The van der Waals surface area contributed by atoms with Gasteiger partial charge in [-0.25, -0.2) is 4.98 Å². The van der Waals surface area contributed by atoms with Crippen LogP contribution in [0.2, 0.25) is 0 Å². The fourth-order valence-electron chi connectivity index (χ4n) is 4.40. The SMILES string of the molecule is Cn1cc(NC(=O)c2ccccc2-c2ccc(C(F)(F)F)cc2)nc1C(=O)NCc1ccc(-c2ccccc2)cc1. The lowest BCUT2D eigenvalue weighted by molar-refractivity contribution is -0.137. The van der Waals surface area contributed by atoms with Crippen LogP contribution in [0.25, 0.3) is 22.3 Å². The molecule has 4 aromatic carbocycles. The molecule has 41 heavy (non-hydrogen) atoms. The first kappa shape index (κ1) is 27.4. The van der Waals surface area contributed by atoms with Gasteiger partial charge in [0.2, 0.25) is 5.82 Å². The van der Waals surface area contributed by atoms with E-state index in [2.05, 4.69) is 15.6 Å². The molecule has 206 valence electrons. The van der Waals surface area contributed by atoms with Crippen molar-refractivity contribution >= 4 is 17.6 Å². The van der Waals surface area contributed by atoms with Gasteiger partial charge in [0.25, 0.3) is 11.8 Å². The van der Waals surface area contributed by atoms with E-state index in [1.807, 2.05) is 54.6 Å². The number of benzene rings is 4. The Morgan fingerprint density at radius 3 is 2.05 bits per heavy atom. The number of aryl methyl sites for hydroxylation is 1. The number of hydrogen-bond donors (Lipinski definition) is 2. The van der Waals surface area contributed by atoms with E-state index in [1.54, 1.807) is 31.3 Å². The zero-order chi connectivity index (χ0) is 29.0. The molecule has 1 aromatic heterocycles. The van der Waals surface area contributed by atoms with Crippen LogP contribution in [0, 0.1) is 0 Å². The van der Waals surface area contributed by atoms with E-state index in [1.165, 1.54) is 22.9 Å². The lowest BCUT2D eigenvalue weighted by Gasteiger charge is -2.11. The summed E-state index contributed by atoms with van der Waals surface area (Å²) in [5.74, 6) is -0.649. The maximum Gasteiger partial charge on any atom is 0.416 e. The summed E-state index contributed by atoms with van der Waals surface area (Å²) >= 11 is 0. The summed E-state index contributed by atoms with van der Waals surface area (Å²) in [4.78, 5) is 30.2. The Kier molecular flexibility index (Phi) is 7.69. The highest BCUT2D eigenvalue weighted by Gasteiger charge is 2.30. The van der Waals surface area contributed by atoms with Crippen LogP contribution in [0.15, 0.2) is 109 Å². The molecule has 0 unspecified atom stereocenters. The van der Waals surface area contributed by atoms with Crippen molar-refractivity contribution in [1.29, 1.82) is 0 Å². The first-order chi connectivity index (χ1) is 19.7. The molecule has 0 spiro atoms. The maximum atomic E-state index is 13.1. The van der Waals surface area contributed by atoms with Crippen molar-refractivity contribution in [3.63, 3.8) is 0 Å². The molecular weight excluding hydrogens is 529 g/mol. The number of carbonyl (C=O) groups is 2. The summed E-state index contributed by atoms with van der Waals surface area (Å²) in [6, 6.07) is 29.0. The highest BCUT2D eigenvalue weighted by Crippen LogP contribution is 2.32. The smallest absolute Gasteiger partial charge is 0.345 e. The van der Waals surface area contributed by atoms with Crippen molar-refractivity contribution in [2.45, 2.75) is 12.7 Å². The second kappa shape index (κ2) is 11.5. The predicted octanol–water partition coefficient (Wildman–Crippen LogP) is 6.96. The van der Waals surface area contributed by atoms with Crippen LogP contribution in [-0.4, -0.2) is 21.4 Å². The van der Waals surface area contributed by atoms with Gasteiger partial charge in [-0.2, -0.15) is 13.2 Å². The number of halogens is 3. The van der Waals surface area contributed by atoms with Crippen molar-refractivity contribution in [1.82, 2.24) is 14.9 Å². The number of hydrogen-bond acceptors (Lipinski definition) is 3. The molecule has 0 aliphatic heterocycles. The average Bonchev–Trinajstić information content (AvgIpc) is 3.35. The molecular formula is C32H25F3N4O2. The van der Waals surface area contributed by atoms with Gasteiger partial charge in [-0.1, -0.05) is 84.9 Å². The number of amides is 2. The largest absolute Gasteiger partial charge is 0.416 e. The molecule has 0 radical (unpaired) electrons. The third-order valence-corrected chi connectivity index (χ3v) is 6.53. The van der Waals surface area contributed by atoms with Gasteiger partial charge >= 0.3 is 6.18 Å². The molecule has 0 aliphatic rings. The number of carbonyl (C=O) groups excluding carboxylic acids is 2. The Hall–Kier alpha value is -5.18. The summed E-state index contributed by atoms with van der Waals surface area (Å²) < 4.78 is 40.4. The Labute approximate surface area is 234 Å². The van der Waals surface area contributed by atoms with E-state index < -0.39 is 23.6 Å². The molecule has 2 amide bonds. The maximum absolute atomic E-state index is 13.1. The van der Waals surface area contributed by atoms with Crippen LogP contribution < -0.4 is 10.6 Å². The van der Waals surface area contributed by atoms with E-state index in [9.17, 15) is 22.8 Å². The fraction of sp³-hybridized carbons (Fsp3) is 0.0938. The van der Waals surface area contributed by atoms with Crippen LogP contribution >= 0.6 is 0 Å². The van der Waals surface area contributed by atoms with Gasteiger partial charge in [0.05, 0.1) is 5.56 Å². The van der Waals surface area contributed by atoms with Crippen LogP contribution in [0.5, 0.6) is 0 Å². The quantitative estimate of drug-likeness (QED) is 0.229. The third kappa shape index (κ3) is 6.36. The second-order valence-electron chi connectivity index (χ2n) is 9.38. The Balaban J connectivity index is 1.25. The molecule has 5 aromatic rings. The Bertz CT molecular complexity index is 1680. The van der Waals surface area contributed by atoms with Crippen LogP contribution in [-0.2, 0) is 19.8 Å². The number of aromatic nitrogens is 2. The predicted molar refractivity (Wildman–Crippen MR) is 151 cm³/mol. The van der Waals surface area contributed by atoms with E-state index in [4.69, 9.17) is 0 Å². The Morgan fingerprint density at radius 2 is 1.37 bits per heavy atom. The van der Waals surface area contributed by atoms with Crippen molar-refractivity contribution < 1.29 is 22.8 Å². The van der Waals surface area contributed by atoms with E-state index in [0.29, 0.717) is 17.7 Å². The molecule has 0 aliphatic carbocycles. The third-order valence-electron chi connectivity index (χ3n) is 6.53. The monoisotopic (exact) mass is 554 g/mol. The molecule has 0 bridgehead atoms. The summed E-state index contributed by atoms with van der Waals surface area (Å²) in [5.41, 5.74) is 3.50. The van der Waals surface area contributed by atoms with E-state index in [0.717, 1.165) is 28.8 Å². The second-order valence-corrected chi connectivity index (χ2v) is 9.38. The first-order valence-corrected chi connectivity index (χ1v) is 12.7. The van der Waals surface area contributed by atoms with Crippen LogP contribution in [0.3, 0.4) is 0 Å². The minimum Gasteiger partial charge on any atom is -0.345 e. The van der Waals surface area contributed by atoms with Crippen molar-refractivity contribution in [2.75, 3.05) is 5.32 Å². The van der Waals surface area contributed by atoms with Gasteiger partial charge < -0.3 is 15.2 Å². The highest BCUT2D eigenvalue weighted by molar-refractivity contribution is 6.08. The highest BCUT2D eigenvalue weighted by atomic mass is 19.4. The number of alkyl halides is 3. The minimum absolute atomic E-state index is 0.109. The summed E-state index contributed by atoms with van der Waals surface area (Å²) in [6.45, 7) is 0.295. The molecule has 0 saturated heterocycles. The standard InChI is InChI=1S/C32H25F3N4O2/c1-39-20-28(37-29(39)31(41)36-19-21-11-13-23(14-12-21)22-7-3-2-4-8-22)38-30(40)27-10-6-5-9-26(27)24-15-17-25(18-16-24)32(33,34)35/h2-18,20H,19H2,1H3,(H,36,41)(H,38,40). The molecule has 0 saturated carbocycles. The first-order valence-electron chi connectivity index (χ1n) is 12.7. The zero-order valence-electron chi connectivity index (χ0n) is 21.9. The summed E-state index contributed by atoms with van der Waals surface area (Å²) in [5, 5.41) is 5.53. The summed E-state index contributed by atoms with van der Waals surface area (Å²) in [6.07, 6.45) is -2.94. The van der Waals surface area contributed by atoms with Crippen molar-refractivity contribution in [2.24, 2.45) is 7.05 Å².